The van der Waals surface area contributed by atoms with Gasteiger partial charge in [0.05, 0.1) is 6.10 Å². The van der Waals surface area contributed by atoms with E-state index in [0.717, 1.165) is 31.7 Å². The summed E-state index contributed by atoms with van der Waals surface area (Å²) in [6.45, 7) is 0. The first-order chi connectivity index (χ1) is 8.88. The van der Waals surface area contributed by atoms with Gasteiger partial charge in [-0.15, -0.1) is 13.2 Å². The molecule has 1 aromatic carbocycles. The third kappa shape index (κ3) is 3.37. The molecule has 0 spiro atoms. The number of aliphatic hydroxyl groups excluding tert-OH is 1. The molecule has 1 fully saturated rings. The van der Waals surface area contributed by atoms with Crippen molar-refractivity contribution >= 4 is 0 Å². The molecule has 1 saturated carbocycles. The van der Waals surface area contributed by atoms with Crippen LogP contribution in [0.2, 0.25) is 0 Å². The molecule has 0 radical (unpaired) electrons. The van der Waals surface area contributed by atoms with E-state index in [-0.39, 0.29) is 11.5 Å². The predicted octanol–water partition coefficient (Wildman–Crippen LogP) is 3.95. The molecule has 0 amide bonds. The van der Waals surface area contributed by atoms with Crippen molar-refractivity contribution in [2.45, 2.75) is 38.1 Å². The first kappa shape index (κ1) is 14.1. The molecule has 6 heteroatoms. The van der Waals surface area contributed by atoms with Crippen LogP contribution in [0.1, 0.15) is 37.4 Å². The highest BCUT2D eigenvalue weighted by molar-refractivity contribution is 5.33. The van der Waals surface area contributed by atoms with Crippen LogP contribution in [0.25, 0.3) is 0 Å². The fraction of sp³-hybridized carbons (Fsp3) is 0.538. The summed E-state index contributed by atoms with van der Waals surface area (Å²) in [5.74, 6) is -2.14. The van der Waals surface area contributed by atoms with E-state index in [1.165, 1.54) is 12.1 Å². The molecule has 2 rings (SSSR count). The van der Waals surface area contributed by atoms with E-state index in [1.807, 2.05) is 0 Å². The van der Waals surface area contributed by atoms with Crippen LogP contribution in [0.15, 0.2) is 18.2 Å². The number of alkyl halides is 3. The number of ether oxygens (including phenoxy) is 1. The average Bonchev–Trinajstić information content (AvgIpc) is 2.83. The molecule has 19 heavy (non-hydrogen) atoms. The Morgan fingerprint density at radius 2 is 1.84 bits per heavy atom. The maximum atomic E-state index is 13.9. The van der Waals surface area contributed by atoms with Crippen molar-refractivity contribution in [1.29, 1.82) is 0 Å². The zero-order chi connectivity index (χ0) is 14.0. The second-order valence-corrected chi connectivity index (χ2v) is 4.70. The third-order valence-electron chi connectivity index (χ3n) is 3.38. The Morgan fingerprint density at radius 3 is 2.42 bits per heavy atom. The Balaban J connectivity index is 2.23. The summed E-state index contributed by atoms with van der Waals surface area (Å²) < 4.78 is 53.8. The Morgan fingerprint density at radius 1 is 1.21 bits per heavy atom. The molecule has 1 aliphatic rings. The average molecular weight is 278 g/mol. The van der Waals surface area contributed by atoms with Crippen molar-refractivity contribution in [1.82, 2.24) is 0 Å². The minimum Gasteiger partial charge on any atom is -0.403 e. The van der Waals surface area contributed by atoms with E-state index in [2.05, 4.69) is 4.74 Å². The van der Waals surface area contributed by atoms with Gasteiger partial charge in [-0.05, 0) is 24.8 Å². The molecule has 0 aliphatic heterocycles. The molecule has 1 unspecified atom stereocenters. The first-order valence-corrected chi connectivity index (χ1v) is 6.10. The van der Waals surface area contributed by atoms with Crippen LogP contribution in [0.5, 0.6) is 5.75 Å². The predicted molar refractivity (Wildman–Crippen MR) is 60.0 cm³/mol. The molecule has 2 nitrogen and oxygen atoms in total. The van der Waals surface area contributed by atoms with Gasteiger partial charge < -0.3 is 9.84 Å². The van der Waals surface area contributed by atoms with Crippen LogP contribution in [0.3, 0.4) is 0 Å². The zero-order valence-corrected chi connectivity index (χ0v) is 10.1. The third-order valence-corrected chi connectivity index (χ3v) is 3.38. The summed E-state index contributed by atoms with van der Waals surface area (Å²) in [7, 11) is 0. The normalized spacial score (nSPS) is 18.6. The lowest BCUT2D eigenvalue weighted by molar-refractivity contribution is -0.275. The van der Waals surface area contributed by atoms with Crippen molar-refractivity contribution in [2.24, 2.45) is 5.92 Å². The Labute approximate surface area is 108 Å². The smallest absolute Gasteiger partial charge is 0.403 e. The first-order valence-electron chi connectivity index (χ1n) is 6.10. The highest BCUT2D eigenvalue weighted by Gasteiger charge is 2.34. The maximum absolute atomic E-state index is 13.9. The van der Waals surface area contributed by atoms with Gasteiger partial charge >= 0.3 is 6.36 Å². The van der Waals surface area contributed by atoms with Gasteiger partial charge in [-0.3, -0.25) is 0 Å². The number of benzene rings is 1. The Hall–Kier alpha value is -1.30. The minimum absolute atomic E-state index is 0.101. The van der Waals surface area contributed by atoms with Gasteiger partial charge in [0.15, 0.2) is 11.6 Å². The molecular formula is C13H14F4O2. The molecule has 1 atom stereocenters. The molecule has 0 bridgehead atoms. The SMILES string of the molecule is OC(c1cccc(OC(F)(F)F)c1F)C1CCCC1. The monoisotopic (exact) mass is 278 g/mol. The largest absolute Gasteiger partial charge is 0.573 e. The topological polar surface area (TPSA) is 29.5 Å². The van der Waals surface area contributed by atoms with Crippen LogP contribution in [-0.2, 0) is 0 Å². The van der Waals surface area contributed by atoms with Crippen molar-refractivity contribution in [3.63, 3.8) is 0 Å². The van der Waals surface area contributed by atoms with E-state index in [0.29, 0.717) is 0 Å². The molecule has 106 valence electrons. The van der Waals surface area contributed by atoms with E-state index in [4.69, 9.17) is 0 Å². The second kappa shape index (κ2) is 5.36. The van der Waals surface area contributed by atoms with Crippen LogP contribution in [-0.4, -0.2) is 11.5 Å². The quantitative estimate of drug-likeness (QED) is 0.848. The summed E-state index contributed by atoms with van der Waals surface area (Å²) in [6.07, 6.45) is -2.63. The number of rotatable bonds is 3. The Kier molecular flexibility index (Phi) is 3.99. The fourth-order valence-electron chi connectivity index (χ4n) is 2.49. The lowest BCUT2D eigenvalue weighted by atomic mass is 9.94. The molecule has 0 heterocycles. The lowest BCUT2D eigenvalue weighted by Gasteiger charge is -2.20. The van der Waals surface area contributed by atoms with Crippen molar-refractivity contribution in [3.05, 3.63) is 29.6 Å². The van der Waals surface area contributed by atoms with Gasteiger partial charge in [0, 0.05) is 5.56 Å². The van der Waals surface area contributed by atoms with Crippen LogP contribution in [0, 0.1) is 11.7 Å². The fourth-order valence-corrected chi connectivity index (χ4v) is 2.49. The van der Waals surface area contributed by atoms with Gasteiger partial charge in [-0.25, -0.2) is 4.39 Å². The van der Waals surface area contributed by atoms with Crippen molar-refractivity contribution < 1.29 is 27.4 Å². The van der Waals surface area contributed by atoms with Crippen LogP contribution < -0.4 is 4.74 Å². The van der Waals surface area contributed by atoms with E-state index in [1.54, 1.807) is 0 Å². The van der Waals surface area contributed by atoms with Crippen LogP contribution >= 0.6 is 0 Å². The van der Waals surface area contributed by atoms with Crippen LogP contribution in [0.4, 0.5) is 17.6 Å². The van der Waals surface area contributed by atoms with Gasteiger partial charge in [0.1, 0.15) is 0 Å². The summed E-state index contributed by atoms with van der Waals surface area (Å²) >= 11 is 0. The molecule has 0 aromatic heterocycles. The maximum Gasteiger partial charge on any atom is 0.573 e. The number of aliphatic hydroxyl groups is 1. The summed E-state index contributed by atoms with van der Waals surface area (Å²) in [5, 5.41) is 10.0. The molecule has 1 aliphatic carbocycles. The highest BCUT2D eigenvalue weighted by Crippen LogP contribution is 2.38. The van der Waals surface area contributed by atoms with Gasteiger partial charge in [0.25, 0.3) is 0 Å². The van der Waals surface area contributed by atoms with Crippen molar-refractivity contribution in [2.75, 3.05) is 0 Å². The van der Waals surface area contributed by atoms with Gasteiger partial charge in [0.2, 0.25) is 0 Å². The van der Waals surface area contributed by atoms with E-state index in [9.17, 15) is 22.7 Å². The molecule has 0 saturated heterocycles. The van der Waals surface area contributed by atoms with E-state index >= 15 is 0 Å². The number of hydrogen-bond acceptors (Lipinski definition) is 2. The highest BCUT2D eigenvalue weighted by atomic mass is 19.4. The number of halogens is 4. The second-order valence-electron chi connectivity index (χ2n) is 4.70. The Bertz CT molecular complexity index is 439. The van der Waals surface area contributed by atoms with E-state index < -0.39 is 24.0 Å². The summed E-state index contributed by atoms with van der Waals surface area (Å²) in [5.41, 5.74) is -0.131. The van der Waals surface area contributed by atoms with Gasteiger partial charge in [-0.1, -0.05) is 25.0 Å². The summed E-state index contributed by atoms with van der Waals surface area (Å²) in [4.78, 5) is 0. The molecule has 1 N–H and O–H groups in total. The van der Waals surface area contributed by atoms with Crippen molar-refractivity contribution in [3.8, 4) is 5.75 Å². The minimum atomic E-state index is -4.95. The molecular weight excluding hydrogens is 264 g/mol. The zero-order valence-electron chi connectivity index (χ0n) is 10.1. The standard InChI is InChI=1S/C13H14F4O2/c14-11-9(12(18)8-4-1-2-5-8)6-3-7-10(11)19-13(15,16)17/h3,6-8,12,18H,1-2,4-5H2. The summed E-state index contributed by atoms with van der Waals surface area (Å²) in [6, 6.07) is 3.44. The molecule has 1 aromatic rings. The lowest BCUT2D eigenvalue weighted by Crippen LogP contribution is -2.19. The van der Waals surface area contributed by atoms with Gasteiger partial charge in [-0.2, -0.15) is 0 Å². The number of hydrogen-bond donors (Lipinski definition) is 1.